The maximum Gasteiger partial charge on any atom is 0.158 e. The molecule has 0 aromatic rings. The molecule has 2 N–H and O–H groups in total. The Bertz CT molecular complexity index is 784. The molecule has 0 saturated heterocycles. The smallest absolute Gasteiger partial charge is 0.158 e. The van der Waals surface area contributed by atoms with Crippen molar-refractivity contribution in [1.82, 2.24) is 0 Å². The molecule has 4 aliphatic rings. The number of aliphatic hydroxyl groups excluding tert-OH is 2. The van der Waals surface area contributed by atoms with E-state index in [1.54, 1.807) is 0 Å². The van der Waals surface area contributed by atoms with Gasteiger partial charge < -0.3 is 10.2 Å². The van der Waals surface area contributed by atoms with Gasteiger partial charge in [-0.25, -0.2) is 0 Å². The molecule has 0 bridgehead atoms. The lowest BCUT2D eigenvalue weighted by Gasteiger charge is -2.44. The molecule has 0 aromatic carbocycles. The lowest BCUT2D eigenvalue weighted by atomic mass is 9.61. The molecular formula is C27H38O3. The molecule has 6 atom stereocenters. The van der Waals surface area contributed by atoms with Crippen LogP contribution in [0, 0.1) is 29.1 Å². The van der Waals surface area contributed by atoms with Crippen molar-refractivity contribution in [3.63, 3.8) is 0 Å². The highest BCUT2D eigenvalue weighted by Gasteiger charge is 2.50. The van der Waals surface area contributed by atoms with Crippen LogP contribution in [0.3, 0.4) is 0 Å². The van der Waals surface area contributed by atoms with Crippen molar-refractivity contribution < 1.29 is 15.0 Å². The molecule has 0 aromatic heterocycles. The number of carbonyl (C=O) groups is 1. The maximum atomic E-state index is 12.1. The van der Waals surface area contributed by atoms with Crippen LogP contribution >= 0.6 is 0 Å². The minimum atomic E-state index is -0.628. The molecule has 0 amide bonds. The average molecular weight is 411 g/mol. The summed E-state index contributed by atoms with van der Waals surface area (Å²) < 4.78 is 0. The third kappa shape index (κ3) is 4.29. The third-order valence-corrected chi connectivity index (χ3v) is 8.48. The first-order valence-corrected chi connectivity index (χ1v) is 12.0. The van der Waals surface area contributed by atoms with Crippen LogP contribution in [0.15, 0.2) is 47.6 Å². The summed E-state index contributed by atoms with van der Waals surface area (Å²) in [5.74, 6) is 2.28. The second kappa shape index (κ2) is 8.59. The van der Waals surface area contributed by atoms with Crippen LogP contribution in [0.2, 0.25) is 0 Å². The minimum Gasteiger partial charge on any atom is -0.393 e. The molecule has 4 saturated carbocycles. The summed E-state index contributed by atoms with van der Waals surface area (Å²) in [4.78, 5) is 12.1. The van der Waals surface area contributed by atoms with Crippen LogP contribution in [0.1, 0.15) is 71.6 Å². The molecule has 0 aliphatic heterocycles. The van der Waals surface area contributed by atoms with Crippen molar-refractivity contribution in [3.8, 4) is 0 Å². The second-order valence-corrected chi connectivity index (χ2v) is 10.6. The Balaban J connectivity index is 1.49. The van der Waals surface area contributed by atoms with Gasteiger partial charge in [0.15, 0.2) is 5.78 Å². The molecule has 4 aliphatic carbocycles. The van der Waals surface area contributed by atoms with E-state index in [2.05, 4.69) is 38.7 Å². The number of hydrogen-bond acceptors (Lipinski definition) is 3. The van der Waals surface area contributed by atoms with Crippen molar-refractivity contribution in [2.24, 2.45) is 29.1 Å². The molecule has 30 heavy (non-hydrogen) atoms. The van der Waals surface area contributed by atoms with E-state index in [0.717, 1.165) is 30.4 Å². The van der Waals surface area contributed by atoms with Crippen molar-refractivity contribution in [1.29, 1.82) is 0 Å². The maximum absolute atomic E-state index is 12.1. The van der Waals surface area contributed by atoms with E-state index in [1.165, 1.54) is 31.3 Å². The summed E-state index contributed by atoms with van der Waals surface area (Å²) >= 11 is 0. The fourth-order valence-corrected chi connectivity index (χ4v) is 6.49. The van der Waals surface area contributed by atoms with Gasteiger partial charge in [-0.15, -0.1) is 0 Å². The Morgan fingerprint density at radius 2 is 1.97 bits per heavy atom. The molecule has 4 fully saturated rings. The van der Waals surface area contributed by atoms with Crippen molar-refractivity contribution in [2.45, 2.75) is 83.8 Å². The van der Waals surface area contributed by atoms with Crippen molar-refractivity contribution in [3.05, 3.63) is 47.6 Å². The number of ketones is 1. The molecule has 0 unspecified atom stereocenters. The highest BCUT2D eigenvalue weighted by molar-refractivity contribution is 5.93. The van der Waals surface area contributed by atoms with E-state index in [4.69, 9.17) is 0 Å². The largest absolute Gasteiger partial charge is 0.393 e. The summed E-state index contributed by atoms with van der Waals surface area (Å²) in [7, 11) is 0. The van der Waals surface area contributed by atoms with Gasteiger partial charge in [-0.05, 0) is 91.8 Å². The Labute approximate surface area is 181 Å². The Morgan fingerprint density at radius 3 is 2.70 bits per heavy atom. The van der Waals surface area contributed by atoms with Crippen LogP contribution < -0.4 is 0 Å². The second-order valence-electron chi connectivity index (χ2n) is 10.6. The summed E-state index contributed by atoms with van der Waals surface area (Å²) in [6.45, 7) is 8.81. The van der Waals surface area contributed by atoms with E-state index in [-0.39, 0.29) is 5.41 Å². The summed E-state index contributed by atoms with van der Waals surface area (Å²) in [6, 6.07) is 0. The minimum absolute atomic E-state index is 0.289. The monoisotopic (exact) mass is 410 g/mol. The third-order valence-electron chi connectivity index (χ3n) is 8.48. The lowest BCUT2D eigenvalue weighted by Crippen LogP contribution is -2.35. The van der Waals surface area contributed by atoms with Crippen LogP contribution in [0.5, 0.6) is 0 Å². The molecular weight excluding hydrogens is 372 g/mol. The van der Waals surface area contributed by atoms with Gasteiger partial charge in [-0.1, -0.05) is 44.2 Å². The zero-order chi connectivity index (χ0) is 21.5. The Morgan fingerprint density at radius 1 is 1.20 bits per heavy atom. The van der Waals surface area contributed by atoms with Gasteiger partial charge in [0.05, 0.1) is 12.2 Å². The first kappa shape index (κ1) is 21.8. The zero-order valence-corrected chi connectivity index (χ0v) is 18.6. The summed E-state index contributed by atoms with van der Waals surface area (Å²) in [5, 5.41) is 20.1. The molecule has 3 heteroatoms. The van der Waals surface area contributed by atoms with Gasteiger partial charge in [-0.2, -0.15) is 0 Å². The predicted molar refractivity (Wildman–Crippen MR) is 121 cm³/mol. The van der Waals surface area contributed by atoms with Crippen molar-refractivity contribution in [2.75, 3.05) is 0 Å². The van der Waals surface area contributed by atoms with Gasteiger partial charge in [-0.3, -0.25) is 4.79 Å². The van der Waals surface area contributed by atoms with E-state index in [1.807, 2.05) is 6.08 Å². The highest BCUT2D eigenvalue weighted by atomic mass is 16.3. The molecule has 0 heterocycles. The van der Waals surface area contributed by atoms with Gasteiger partial charge in [0.25, 0.3) is 0 Å². The first-order valence-electron chi connectivity index (χ1n) is 12.0. The first-order chi connectivity index (χ1) is 14.3. The standard InChI is InChI=1S/C27H38O3/c1-17(6-13-25(29)20-8-9-20)23-11-12-24-19(5-4-14-27(23,24)3)7-10-21-15-22(28)16-26(30)18(21)2/h6-7,10,13,17,20,22-24,26,28,30H,2,4-5,8-9,11-12,14-16H2,1,3H3/b13-6+,19-7-,21-10+/t17-,22-,23-,24+,26+,27-/m1/s1. The van der Waals surface area contributed by atoms with Crippen LogP contribution in [-0.2, 0) is 4.79 Å². The summed E-state index contributed by atoms with van der Waals surface area (Å²) in [5.41, 5.74) is 3.56. The topological polar surface area (TPSA) is 57.5 Å². The van der Waals surface area contributed by atoms with E-state index in [9.17, 15) is 15.0 Å². The van der Waals surface area contributed by atoms with Gasteiger partial charge in [0, 0.05) is 12.3 Å². The highest BCUT2D eigenvalue weighted by Crippen LogP contribution is 2.59. The quantitative estimate of drug-likeness (QED) is 0.605. The number of hydrogen-bond donors (Lipinski definition) is 2. The normalized spacial score (nSPS) is 40.9. The molecule has 4 rings (SSSR count). The summed E-state index contributed by atoms with van der Waals surface area (Å²) in [6.07, 6.45) is 16.5. The fourth-order valence-electron chi connectivity index (χ4n) is 6.49. The molecule has 164 valence electrons. The molecule has 0 radical (unpaired) electrons. The molecule has 0 spiro atoms. The Hall–Kier alpha value is -1.45. The number of fused-ring (bicyclic) bond motifs is 1. The molecule has 3 nitrogen and oxygen atoms in total. The number of aliphatic hydroxyl groups is 2. The van der Waals surface area contributed by atoms with Gasteiger partial charge in [0.1, 0.15) is 0 Å². The van der Waals surface area contributed by atoms with E-state index >= 15 is 0 Å². The van der Waals surface area contributed by atoms with E-state index < -0.39 is 12.2 Å². The lowest BCUT2D eigenvalue weighted by molar-refractivity contribution is -0.115. The van der Waals surface area contributed by atoms with Gasteiger partial charge >= 0.3 is 0 Å². The Kier molecular flexibility index (Phi) is 6.23. The predicted octanol–water partition coefficient (Wildman–Crippen LogP) is 5.30. The number of allylic oxidation sites excluding steroid dienone is 5. The van der Waals surface area contributed by atoms with Crippen LogP contribution in [0.25, 0.3) is 0 Å². The van der Waals surface area contributed by atoms with Gasteiger partial charge in [0.2, 0.25) is 0 Å². The van der Waals surface area contributed by atoms with Crippen LogP contribution in [0.4, 0.5) is 0 Å². The number of rotatable bonds is 5. The van der Waals surface area contributed by atoms with E-state index in [0.29, 0.717) is 42.3 Å². The SMILES string of the molecule is C=C1/C(=C/C=C2/CCC[C@]3(C)[C@@H]([C@H](C)/C=C/C(=O)C4CC4)CC[C@@H]23)C[C@@H](O)C[C@@H]1O. The average Bonchev–Trinajstić information content (AvgIpc) is 3.49. The fraction of sp³-hybridized carbons (Fsp3) is 0.667. The van der Waals surface area contributed by atoms with Crippen LogP contribution in [-0.4, -0.2) is 28.2 Å². The number of carbonyl (C=O) groups excluding carboxylic acids is 1. The van der Waals surface area contributed by atoms with Crippen molar-refractivity contribution >= 4 is 5.78 Å². The zero-order valence-electron chi connectivity index (χ0n) is 18.6.